The van der Waals surface area contributed by atoms with Crippen molar-refractivity contribution in [2.75, 3.05) is 0 Å². The van der Waals surface area contributed by atoms with Crippen LogP contribution in [0.1, 0.15) is 59.3 Å². The third-order valence-electron chi connectivity index (χ3n) is 4.04. The van der Waals surface area contributed by atoms with E-state index < -0.39 is 42.2 Å². The second-order valence-electron chi connectivity index (χ2n) is 7.36. The van der Waals surface area contributed by atoms with Crippen molar-refractivity contribution in [1.29, 1.82) is 0 Å². The van der Waals surface area contributed by atoms with Crippen molar-refractivity contribution in [2.45, 2.75) is 83.0 Å². The molecule has 1 saturated carbocycles. The zero-order chi connectivity index (χ0) is 18.5. The first-order valence-electron chi connectivity index (χ1n) is 8.21. The van der Waals surface area contributed by atoms with Gasteiger partial charge in [-0.3, -0.25) is 0 Å². The van der Waals surface area contributed by atoms with Gasteiger partial charge in [0.05, 0.1) is 12.1 Å². The number of hydrogen-bond donors (Lipinski definition) is 3. The van der Waals surface area contributed by atoms with Crippen LogP contribution in [-0.2, 0) is 9.53 Å². The lowest BCUT2D eigenvalue weighted by atomic mass is 9.81. The van der Waals surface area contributed by atoms with Gasteiger partial charge in [0.2, 0.25) is 0 Å². The number of carboxylic acid groups (broad SMARTS) is 1. The summed E-state index contributed by atoms with van der Waals surface area (Å²) in [5.74, 6) is -6.58. The summed E-state index contributed by atoms with van der Waals surface area (Å²) in [6.07, 6.45) is 0.690. The maximum Gasteiger partial charge on any atom is 0.407 e. The lowest BCUT2D eigenvalue weighted by Gasteiger charge is -2.34. The second kappa shape index (κ2) is 8.09. The third kappa shape index (κ3) is 6.59. The largest absolute Gasteiger partial charge is 0.477 e. The number of halogens is 2. The average molecular weight is 351 g/mol. The molecule has 2 unspecified atom stereocenters. The molecule has 0 heterocycles. The van der Waals surface area contributed by atoms with Crippen LogP contribution in [0, 0.1) is 5.92 Å². The molecule has 6 nitrogen and oxygen atoms in total. The first kappa shape index (κ1) is 20.6. The highest BCUT2D eigenvalue weighted by atomic mass is 19.3. The third-order valence-corrected chi connectivity index (χ3v) is 4.04. The number of hydrogen-bond acceptors (Lipinski definition) is 4. The molecular weight excluding hydrogens is 324 g/mol. The monoisotopic (exact) mass is 351 g/mol. The molecule has 0 radical (unpaired) electrons. The number of nitrogens with one attached hydrogen (secondary N) is 1. The number of amides is 1. The van der Waals surface area contributed by atoms with E-state index in [1.807, 2.05) is 0 Å². The number of alkyl carbamates (subject to hydrolysis) is 1. The van der Waals surface area contributed by atoms with Crippen LogP contribution in [0.3, 0.4) is 0 Å². The minimum atomic E-state index is -4.05. The maximum absolute atomic E-state index is 13.6. The van der Waals surface area contributed by atoms with Crippen molar-refractivity contribution < 1.29 is 33.3 Å². The Kier molecular flexibility index (Phi) is 6.95. The van der Waals surface area contributed by atoms with E-state index in [2.05, 4.69) is 5.32 Å². The number of carbonyl (C=O) groups is 2. The van der Waals surface area contributed by atoms with Gasteiger partial charge in [0.1, 0.15) is 5.60 Å². The Balaban J connectivity index is 2.85. The van der Waals surface area contributed by atoms with Crippen molar-refractivity contribution in [3.8, 4) is 0 Å². The van der Waals surface area contributed by atoms with E-state index in [-0.39, 0.29) is 5.92 Å². The summed E-state index contributed by atoms with van der Waals surface area (Å²) >= 11 is 0. The Morgan fingerprint density at radius 3 is 2.21 bits per heavy atom. The smallest absolute Gasteiger partial charge is 0.407 e. The molecule has 0 aromatic rings. The molecule has 1 fully saturated rings. The molecule has 1 aliphatic rings. The summed E-state index contributed by atoms with van der Waals surface area (Å²) in [4.78, 5) is 22.6. The fourth-order valence-corrected chi connectivity index (χ4v) is 2.88. The Labute approximate surface area is 140 Å². The average Bonchev–Trinajstić information content (AvgIpc) is 2.44. The van der Waals surface area contributed by atoms with E-state index in [9.17, 15) is 23.5 Å². The second-order valence-corrected chi connectivity index (χ2v) is 7.36. The Hall–Kier alpha value is -1.44. The first-order valence-corrected chi connectivity index (χ1v) is 8.21. The highest BCUT2D eigenvalue weighted by Crippen LogP contribution is 2.31. The molecule has 140 valence electrons. The molecule has 0 spiro atoms. The number of carbonyl (C=O) groups excluding carboxylic acids is 1. The first-order chi connectivity index (χ1) is 10.9. The summed E-state index contributed by atoms with van der Waals surface area (Å²) in [6.45, 7) is 4.85. The van der Waals surface area contributed by atoms with Crippen molar-refractivity contribution in [1.82, 2.24) is 5.32 Å². The van der Waals surface area contributed by atoms with Gasteiger partial charge >= 0.3 is 18.0 Å². The molecule has 0 aromatic heterocycles. The van der Waals surface area contributed by atoms with Crippen LogP contribution in [0.5, 0.6) is 0 Å². The maximum atomic E-state index is 13.6. The molecule has 1 amide bonds. The van der Waals surface area contributed by atoms with Crippen molar-refractivity contribution in [2.24, 2.45) is 5.92 Å². The molecule has 3 N–H and O–H groups in total. The van der Waals surface area contributed by atoms with E-state index in [4.69, 9.17) is 9.84 Å². The predicted octanol–water partition coefficient (Wildman–Crippen LogP) is 2.93. The number of rotatable bonds is 6. The summed E-state index contributed by atoms with van der Waals surface area (Å²) in [7, 11) is 0. The summed E-state index contributed by atoms with van der Waals surface area (Å²) in [5.41, 5.74) is -0.834. The van der Waals surface area contributed by atoms with Crippen LogP contribution in [0.25, 0.3) is 0 Å². The summed E-state index contributed by atoms with van der Waals surface area (Å²) in [6, 6.07) is -1.39. The van der Waals surface area contributed by atoms with Gasteiger partial charge in [0.25, 0.3) is 0 Å². The molecule has 0 bridgehead atoms. The normalized spacial score (nSPS) is 19.4. The number of aliphatic hydroxyl groups excluding tert-OH is 1. The van der Waals surface area contributed by atoms with Gasteiger partial charge in [-0.2, -0.15) is 8.78 Å². The van der Waals surface area contributed by atoms with Crippen molar-refractivity contribution in [3.63, 3.8) is 0 Å². The Morgan fingerprint density at radius 2 is 1.75 bits per heavy atom. The number of aliphatic carboxylic acids is 1. The molecule has 0 aromatic carbocycles. The van der Waals surface area contributed by atoms with Crippen LogP contribution in [-0.4, -0.2) is 45.9 Å². The standard InChI is InChI=1S/C16H27F2NO5/c1-15(2,3)24-14(23)19-11(9-16(17,18)13(21)22)12(20)10-7-5-4-6-8-10/h10-12,20H,4-9H2,1-3H3,(H,19,23)(H,21,22). The topological polar surface area (TPSA) is 95.9 Å². The van der Waals surface area contributed by atoms with E-state index in [0.29, 0.717) is 12.8 Å². The fraction of sp³-hybridized carbons (Fsp3) is 0.875. The molecule has 1 rings (SSSR count). The lowest BCUT2D eigenvalue weighted by Crippen LogP contribution is -2.52. The highest BCUT2D eigenvalue weighted by molar-refractivity contribution is 5.75. The molecule has 1 aliphatic carbocycles. The van der Waals surface area contributed by atoms with Gasteiger partial charge in [-0.05, 0) is 39.5 Å². The Morgan fingerprint density at radius 1 is 1.21 bits per heavy atom. The molecular formula is C16H27F2NO5. The Bertz CT molecular complexity index is 444. The van der Waals surface area contributed by atoms with Gasteiger partial charge in [-0.25, -0.2) is 9.59 Å². The minimum absolute atomic E-state index is 0.247. The van der Waals surface area contributed by atoms with Crippen LogP contribution in [0.15, 0.2) is 0 Å². The molecule has 2 atom stereocenters. The molecule has 0 aliphatic heterocycles. The van der Waals surface area contributed by atoms with E-state index in [1.54, 1.807) is 20.8 Å². The number of ether oxygens (including phenoxy) is 1. The van der Waals surface area contributed by atoms with E-state index in [1.165, 1.54) is 0 Å². The molecule has 24 heavy (non-hydrogen) atoms. The van der Waals surface area contributed by atoms with Crippen LogP contribution in [0.2, 0.25) is 0 Å². The van der Waals surface area contributed by atoms with Crippen LogP contribution < -0.4 is 5.32 Å². The van der Waals surface area contributed by atoms with Crippen molar-refractivity contribution >= 4 is 12.1 Å². The van der Waals surface area contributed by atoms with E-state index >= 15 is 0 Å². The number of alkyl halides is 2. The summed E-state index contributed by atoms with van der Waals surface area (Å²) in [5, 5.41) is 21.3. The van der Waals surface area contributed by atoms with Gasteiger partial charge in [0.15, 0.2) is 0 Å². The van der Waals surface area contributed by atoms with Crippen LogP contribution in [0.4, 0.5) is 13.6 Å². The van der Waals surface area contributed by atoms with Crippen molar-refractivity contribution in [3.05, 3.63) is 0 Å². The highest BCUT2D eigenvalue weighted by Gasteiger charge is 2.45. The van der Waals surface area contributed by atoms with Gasteiger partial charge < -0.3 is 20.3 Å². The lowest BCUT2D eigenvalue weighted by molar-refractivity contribution is -0.167. The van der Waals surface area contributed by atoms with Gasteiger partial charge in [0, 0.05) is 6.42 Å². The van der Waals surface area contributed by atoms with Crippen LogP contribution >= 0.6 is 0 Å². The fourth-order valence-electron chi connectivity index (χ4n) is 2.88. The SMILES string of the molecule is CC(C)(C)OC(=O)NC(CC(F)(F)C(=O)O)C(O)C1CCCCC1. The quantitative estimate of drug-likeness (QED) is 0.684. The van der Waals surface area contributed by atoms with Gasteiger partial charge in [-0.1, -0.05) is 19.3 Å². The minimum Gasteiger partial charge on any atom is -0.477 e. The molecule has 0 saturated heterocycles. The number of aliphatic hydroxyl groups is 1. The zero-order valence-electron chi connectivity index (χ0n) is 14.3. The van der Waals surface area contributed by atoms with E-state index in [0.717, 1.165) is 19.3 Å². The zero-order valence-corrected chi connectivity index (χ0v) is 14.3. The van der Waals surface area contributed by atoms with Gasteiger partial charge in [-0.15, -0.1) is 0 Å². The molecule has 8 heteroatoms. The predicted molar refractivity (Wildman–Crippen MR) is 82.9 cm³/mol. The summed E-state index contributed by atoms with van der Waals surface area (Å²) < 4.78 is 32.2. The number of carboxylic acids is 1.